The van der Waals surface area contributed by atoms with Crippen molar-refractivity contribution in [2.75, 3.05) is 13.2 Å². The molecule has 0 bridgehead atoms. The highest BCUT2D eigenvalue weighted by Gasteiger charge is 2.27. The van der Waals surface area contributed by atoms with Crippen molar-refractivity contribution in [3.8, 4) is 0 Å². The van der Waals surface area contributed by atoms with E-state index in [1.165, 1.54) is 0 Å². The number of esters is 1. The Morgan fingerprint density at radius 3 is 2.14 bits per heavy atom. The molecule has 0 aliphatic carbocycles. The summed E-state index contributed by atoms with van der Waals surface area (Å²) in [7, 11) is 0. The van der Waals surface area contributed by atoms with Crippen molar-refractivity contribution in [1.82, 2.24) is 10.6 Å². The number of ether oxygens (including phenoxy) is 2. The van der Waals surface area contributed by atoms with Gasteiger partial charge in [0.2, 0.25) is 5.91 Å². The molecule has 0 heterocycles. The lowest BCUT2D eigenvalue weighted by atomic mass is 10.0. The van der Waals surface area contributed by atoms with E-state index in [2.05, 4.69) is 10.6 Å². The SMILES string of the molecule is CCOC(=O)CNC(=O)[C@@H](NC(=O)OC(C)(C)C)C(C)C. The van der Waals surface area contributed by atoms with Crippen molar-refractivity contribution >= 4 is 18.0 Å². The first-order chi connectivity index (χ1) is 9.56. The first kappa shape index (κ1) is 19.2. The van der Waals surface area contributed by atoms with Crippen LogP contribution in [0.15, 0.2) is 0 Å². The molecule has 122 valence electrons. The molecular weight excluding hydrogens is 276 g/mol. The highest BCUT2D eigenvalue weighted by atomic mass is 16.6. The molecule has 0 saturated heterocycles. The molecule has 0 aromatic rings. The predicted octanol–water partition coefficient (Wildman–Crippen LogP) is 1.21. The molecule has 1 atom stereocenters. The Bertz CT molecular complexity index is 374. The van der Waals surface area contributed by atoms with E-state index in [0.29, 0.717) is 0 Å². The fourth-order valence-corrected chi connectivity index (χ4v) is 1.45. The molecule has 2 N–H and O–H groups in total. The van der Waals surface area contributed by atoms with Gasteiger partial charge in [-0.1, -0.05) is 13.8 Å². The Labute approximate surface area is 125 Å². The van der Waals surface area contributed by atoms with E-state index in [0.717, 1.165) is 0 Å². The van der Waals surface area contributed by atoms with Gasteiger partial charge in [0.1, 0.15) is 18.2 Å². The number of carbonyl (C=O) groups is 3. The Hall–Kier alpha value is -1.79. The Kier molecular flexibility index (Phi) is 7.76. The van der Waals surface area contributed by atoms with Crippen LogP contribution >= 0.6 is 0 Å². The molecule has 0 rings (SSSR count). The summed E-state index contributed by atoms with van der Waals surface area (Å²) in [4.78, 5) is 34.9. The Morgan fingerprint density at radius 1 is 1.14 bits per heavy atom. The van der Waals surface area contributed by atoms with Crippen LogP contribution in [-0.4, -0.2) is 42.8 Å². The van der Waals surface area contributed by atoms with Crippen molar-refractivity contribution in [3.63, 3.8) is 0 Å². The minimum absolute atomic E-state index is 0.153. The van der Waals surface area contributed by atoms with Gasteiger partial charge < -0.3 is 20.1 Å². The first-order valence-corrected chi connectivity index (χ1v) is 6.99. The number of amides is 2. The van der Waals surface area contributed by atoms with Gasteiger partial charge in [-0.2, -0.15) is 0 Å². The largest absolute Gasteiger partial charge is 0.465 e. The smallest absolute Gasteiger partial charge is 0.408 e. The molecular formula is C14H26N2O5. The summed E-state index contributed by atoms with van der Waals surface area (Å²) in [6.45, 7) is 10.5. The van der Waals surface area contributed by atoms with Crippen LogP contribution in [0.4, 0.5) is 4.79 Å². The second kappa shape index (κ2) is 8.49. The lowest BCUT2D eigenvalue weighted by Gasteiger charge is -2.25. The van der Waals surface area contributed by atoms with E-state index < -0.39 is 29.6 Å². The topological polar surface area (TPSA) is 93.7 Å². The van der Waals surface area contributed by atoms with Crippen molar-refractivity contribution < 1.29 is 23.9 Å². The third kappa shape index (κ3) is 8.88. The second-order valence-corrected chi connectivity index (χ2v) is 5.89. The summed E-state index contributed by atoms with van der Waals surface area (Å²) in [6.07, 6.45) is -0.674. The number of alkyl carbamates (subject to hydrolysis) is 1. The maximum atomic E-state index is 12.0. The maximum absolute atomic E-state index is 12.0. The van der Waals surface area contributed by atoms with Crippen LogP contribution in [0.1, 0.15) is 41.5 Å². The van der Waals surface area contributed by atoms with Crippen molar-refractivity contribution in [1.29, 1.82) is 0 Å². The average Bonchev–Trinajstić information content (AvgIpc) is 2.31. The molecule has 0 aromatic heterocycles. The lowest BCUT2D eigenvalue weighted by molar-refractivity contribution is -0.143. The molecule has 2 amide bonds. The third-order valence-corrected chi connectivity index (χ3v) is 2.33. The van der Waals surface area contributed by atoms with Crippen molar-refractivity contribution in [2.24, 2.45) is 5.92 Å². The average molecular weight is 302 g/mol. The fourth-order valence-electron chi connectivity index (χ4n) is 1.45. The zero-order valence-electron chi connectivity index (χ0n) is 13.6. The number of nitrogens with one attached hydrogen (secondary N) is 2. The molecule has 0 unspecified atom stereocenters. The van der Waals surface area contributed by atoms with E-state index in [1.807, 2.05) is 0 Å². The minimum Gasteiger partial charge on any atom is -0.465 e. The van der Waals surface area contributed by atoms with Gasteiger partial charge in [-0.05, 0) is 33.6 Å². The van der Waals surface area contributed by atoms with Gasteiger partial charge in [0.15, 0.2) is 0 Å². The predicted molar refractivity (Wildman–Crippen MR) is 77.6 cm³/mol. The zero-order chi connectivity index (χ0) is 16.6. The van der Waals surface area contributed by atoms with Gasteiger partial charge in [0.05, 0.1) is 6.61 Å². The molecule has 7 heteroatoms. The van der Waals surface area contributed by atoms with Gasteiger partial charge in [-0.3, -0.25) is 9.59 Å². The molecule has 0 fully saturated rings. The van der Waals surface area contributed by atoms with E-state index in [9.17, 15) is 14.4 Å². The monoisotopic (exact) mass is 302 g/mol. The number of rotatable bonds is 6. The summed E-state index contributed by atoms with van der Waals surface area (Å²) < 4.78 is 9.82. The van der Waals surface area contributed by atoms with E-state index >= 15 is 0 Å². The molecule has 0 aliphatic heterocycles. The number of carbonyl (C=O) groups excluding carboxylic acids is 3. The van der Waals surface area contributed by atoms with Gasteiger partial charge in [-0.25, -0.2) is 4.79 Å². The summed E-state index contributed by atoms with van der Waals surface area (Å²) in [5, 5.41) is 4.94. The molecule has 0 spiro atoms. The van der Waals surface area contributed by atoms with Gasteiger partial charge in [0, 0.05) is 0 Å². The molecule has 0 saturated carbocycles. The summed E-state index contributed by atoms with van der Waals surface area (Å²) in [6, 6.07) is -0.783. The summed E-state index contributed by atoms with van der Waals surface area (Å²) >= 11 is 0. The van der Waals surface area contributed by atoms with Crippen molar-refractivity contribution in [3.05, 3.63) is 0 Å². The molecule has 7 nitrogen and oxygen atoms in total. The van der Waals surface area contributed by atoms with E-state index in [1.54, 1.807) is 41.5 Å². The van der Waals surface area contributed by atoms with Gasteiger partial charge in [0.25, 0.3) is 0 Å². The highest BCUT2D eigenvalue weighted by Crippen LogP contribution is 2.08. The van der Waals surface area contributed by atoms with Gasteiger partial charge in [-0.15, -0.1) is 0 Å². The minimum atomic E-state index is -0.783. The molecule has 0 aromatic carbocycles. The molecule has 0 aliphatic rings. The lowest BCUT2D eigenvalue weighted by Crippen LogP contribution is -2.51. The van der Waals surface area contributed by atoms with Crippen molar-refractivity contribution in [2.45, 2.75) is 53.2 Å². The molecule has 0 radical (unpaired) electrons. The normalized spacial score (nSPS) is 12.5. The number of hydrogen-bond donors (Lipinski definition) is 2. The van der Waals surface area contributed by atoms with Crippen LogP contribution in [-0.2, 0) is 19.1 Å². The van der Waals surface area contributed by atoms with E-state index in [4.69, 9.17) is 9.47 Å². The Balaban J connectivity index is 4.51. The first-order valence-electron chi connectivity index (χ1n) is 6.99. The maximum Gasteiger partial charge on any atom is 0.408 e. The second-order valence-electron chi connectivity index (χ2n) is 5.89. The van der Waals surface area contributed by atoms with Crippen LogP contribution in [0, 0.1) is 5.92 Å². The zero-order valence-corrected chi connectivity index (χ0v) is 13.6. The summed E-state index contributed by atoms with van der Waals surface area (Å²) in [5.74, 6) is -1.13. The third-order valence-electron chi connectivity index (χ3n) is 2.33. The number of hydrogen-bond acceptors (Lipinski definition) is 5. The van der Waals surface area contributed by atoms with Crippen LogP contribution in [0.2, 0.25) is 0 Å². The standard InChI is InChI=1S/C14H26N2O5/c1-7-20-10(17)8-15-12(18)11(9(2)3)16-13(19)21-14(4,5)6/h9,11H,7-8H2,1-6H3,(H,15,18)(H,16,19)/t11-/m0/s1. The quantitative estimate of drug-likeness (QED) is 0.719. The summed E-state index contributed by atoms with van der Waals surface area (Å²) in [5.41, 5.74) is -0.646. The van der Waals surface area contributed by atoms with Crippen LogP contribution in [0.3, 0.4) is 0 Å². The van der Waals surface area contributed by atoms with E-state index in [-0.39, 0.29) is 19.1 Å². The Morgan fingerprint density at radius 2 is 1.71 bits per heavy atom. The van der Waals surface area contributed by atoms with Crippen LogP contribution in [0.25, 0.3) is 0 Å². The molecule has 21 heavy (non-hydrogen) atoms. The fraction of sp³-hybridized carbons (Fsp3) is 0.786. The van der Waals surface area contributed by atoms with Gasteiger partial charge >= 0.3 is 12.1 Å². The highest BCUT2D eigenvalue weighted by molar-refractivity contribution is 5.88. The van der Waals surface area contributed by atoms with Crippen LogP contribution < -0.4 is 10.6 Å². The van der Waals surface area contributed by atoms with Crippen LogP contribution in [0.5, 0.6) is 0 Å².